The van der Waals surface area contributed by atoms with E-state index in [1.807, 2.05) is 18.2 Å². The first kappa shape index (κ1) is 16.0. The third-order valence-electron chi connectivity index (χ3n) is 4.48. The van der Waals surface area contributed by atoms with Crippen LogP contribution in [0.5, 0.6) is 0 Å². The molecule has 2 atom stereocenters. The van der Waals surface area contributed by atoms with Crippen LogP contribution in [0.2, 0.25) is 0 Å². The molecular formula is C18H28N2O. The average Bonchev–Trinajstić information content (AvgIpc) is 2.44. The first-order valence-electron chi connectivity index (χ1n) is 8.06. The van der Waals surface area contributed by atoms with Crippen molar-refractivity contribution in [3.05, 3.63) is 35.9 Å². The number of nitrogens with one attached hydrogen (secondary N) is 1. The van der Waals surface area contributed by atoms with Crippen molar-refractivity contribution in [3.63, 3.8) is 0 Å². The Kier molecular flexibility index (Phi) is 5.40. The van der Waals surface area contributed by atoms with Gasteiger partial charge in [0.25, 0.3) is 0 Å². The van der Waals surface area contributed by atoms with Crippen LogP contribution in [0.1, 0.15) is 51.5 Å². The van der Waals surface area contributed by atoms with E-state index in [-0.39, 0.29) is 5.91 Å². The number of carbonyl (C=O) groups is 1. The normalized spacial score (nSPS) is 22.5. The van der Waals surface area contributed by atoms with Crippen LogP contribution < -0.4 is 11.1 Å². The summed E-state index contributed by atoms with van der Waals surface area (Å²) in [7, 11) is 0. The smallest absolute Gasteiger partial charge is 0.237 e. The standard InChI is InChI=1S/C18H28N2O/c1-18(2)12-6-9-15(13-18)20-17(21)16(19)11-10-14-7-4-3-5-8-14/h3-5,7-8,15-16H,6,9-13,19H2,1-2H3,(H,20,21)/t15?,16-/m0/s1. The molecule has 1 amide bonds. The number of aryl methyl sites for hydroxylation is 1. The molecule has 1 aromatic rings. The van der Waals surface area contributed by atoms with Gasteiger partial charge in [-0.3, -0.25) is 4.79 Å². The van der Waals surface area contributed by atoms with Crippen molar-refractivity contribution in [1.82, 2.24) is 5.32 Å². The van der Waals surface area contributed by atoms with E-state index in [0.717, 1.165) is 19.3 Å². The molecule has 1 fully saturated rings. The molecule has 1 saturated carbocycles. The van der Waals surface area contributed by atoms with Crippen LogP contribution in [0, 0.1) is 5.41 Å². The molecule has 0 aromatic heterocycles. The van der Waals surface area contributed by atoms with E-state index in [9.17, 15) is 4.79 Å². The lowest BCUT2D eigenvalue weighted by Gasteiger charge is -2.36. The Morgan fingerprint density at radius 2 is 2.10 bits per heavy atom. The number of carbonyl (C=O) groups excluding carboxylic acids is 1. The Labute approximate surface area is 128 Å². The summed E-state index contributed by atoms with van der Waals surface area (Å²) in [6, 6.07) is 10.1. The van der Waals surface area contributed by atoms with Crippen LogP contribution in [0.3, 0.4) is 0 Å². The summed E-state index contributed by atoms with van der Waals surface area (Å²) in [5, 5.41) is 3.15. The van der Waals surface area contributed by atoms with Gasteiger partial charge >= 0.3 is 0 Å². The van der Waals surface area contributed by atoms with E-state index in [1.165, 1.54) is 18.4 Å². The first-order valence-corrected chi connectivity index (χ1v) is 8.06. The van der Waals surface area contributed by atoms with Crippen molar-refractivity contribution in [1.29, 1.82) is 0 Å². The fraction of sp³-hybridized carbons (Fsp3) is 0.611. The SMILES string of the molecule is CC1(C)CCCC(NC(=O)[C@@H](N)CCc2ccccc2)C1. The van der Waals surface area contributed by atoms with Gasteiger partial charge in [0.1, 0.15) is 0 Å². The molecule has 3 nitrogen and oxygen atoms in total. The molecule has 3 heteroatoms. The second-order valence-electron chi connectivity index (χ2n) is 7.10. The lowest BCUT2D eigenvalue weighted by Crippen LogP contribution is -2.48. The summed E-state index contributed by atoms with van der Waals surface area (Å²) >= 11 is 0. The Bertz CT molecular complexity index is 456. The van der Waals surface area contributed by atoms with E-state index in [2.05, 4.69) is 31.3 Å². The quantitative estimate of drug-likeness (QED) is 0.875. The van der Waals surface area contributed by atoms with Crippen LogP contribution in [-0.4, -0.2) is 18.0 Å². The van der Waals surface area contributed by atoms with E-state index in [0.29, 0.717) is 17.9 Å². The molecule has 0 radical (unpaired) electrons. The maximum absolute atomic E-state index is 12.2. The zero-order chi connectivity index (χ0) is 15.3. The number of nitrogens with two attached hydrogens (primary N) is 1. The van der Waals surface area contributed by atoms with Gasteiger partial charge in [0.05, 0.1) is 6.04 Å². The fourth-order valence-electron chi connectivity index (χ4n) is 3.23. The summed E-state index contributed by atoms with van der Waals surface area (Å²) in [5.41, 5.74) is 7.61. The van der Waals surface area contributed by atoms with Crippen LogP contribution >= 0.6 is 0 Å². The molecule has 116 valence electrons. The van der Waals surface area contributed by atoms with Crippen molar-refractivity contribution in [2.24, 2.45) is 11.1 Å². The highest BCUT2D eigenvalue weighted by molar-refractivity contribution is 5.81. The lowest BCUT2D eigenvalue weighted by molar-refractivity contribution is -0.123. The molecule has 2 rings (SSSR count). The summed E-state index contributed by atoms with van der Waals surface area (Å²) < 4.78 is 0. The molecule has 3 N–H and O–H groups in total. The van der Waals surface area contributed by atoms with Crippen LogP contribution in [0.25, 0.3) is 0 Å². The van der Waals surface area contributed by atoms with Gasteiger partial charge in [0, 0.05) is 6.04 Å². The maximum Gasteiger partial charge on any atom is 0.237 e. The number of hydrogen-bond donors (Lipinski definition) is 2. The average molecular weight is 288 g/mol. The molecular weight excluding hydrogens is 260 g/mol. The molecule has 0 bridgehead atoms. The molecule has 1 unspecified atom stereocenters. The van der Waals surface area contributed by atoms with E-state index in [4.69, 9.17) is 5.73 Å². The Morgan fingerprint density at radius 3 is 2.76 bits per heavy atom. The van der Waals surface area contributed by atoms with Crippen LogP contribution in [0.15, 0.2) is 30.3 Å². The minimum atomic E-state index is -0.407. The van der Waals surface area contributed by atoms with Gasteiger partial charge in [0.15, 0.2) is 0 Å². The summed E-state index contributed by atoms with van der Waals surface area (Å²) in [6.07, 6.45) is 6.14. The van der Waals surface area contributed by atoms with Crippen molar-refractivity contribution in [3.8, 4) is 0 Å². The van der Waals surface area contributed by atoms with Gasteiger partial charge in [-0.15, -0.1) is 0 Å². The predicted octanol–water partition coefficient (Wildman–Crippen LogP) is 3.03. The Hall–Kier alpha value is -1.35. The third kappa shape index (κ3) is 5.16. The molecule has 21 heavy (non-hydrogen) atoms. The Balaban J connectivity index is 1.77. The van der Waals surface area contributed by atoms with Gasteiger partial charge in [-0.05, 0) is 43.1 Å². The van der Waals surface area contributed by atoms with Crippen LogP contribution in [-0.2, 0) is 11.2 Å². The molecule has 1 aliphatic carbocycles. The molecule has 1 aromatic carbocycles. The second kappa shape index (κ2) is 7.08. The number of benzene rings is 1. The summed E-state index contributed by atoms with van der Waals surface area (Å²) in [4.78, 5) is 12.2. The van der Waals surface area contributed by atoms with Gasteiger partial charge in [-0.2, -0.15) is 0 Å². The number of hydrogen-bond acceptors (Lipinski definition) is 2. The fourth-order valence-corrected chi connectivity index (χ4v) is 3.23. The third-order valence-corrected chi connectivity index (χ3v) is 4.48. The van der Waals surface area contributed by atoms with E-state index < -0.39 is 6.04 Å². The van der Waals surface area contributed by atoms with Gasteiger partial charge in [0.2, 0.25) is 5.91 Å². The minimum Gasteiger partial charge on any atom is -0.352 e. The lowest BCUT2D eigenvalue weighted by atomic mass is 9.75. The van der Waals surface area contributed by atoms with Crippen molar-refractivity contribution in [2.45, 2.75) is 64.5 Å². The van der Waals surface area contributed by atoms with Crippen molar-refractivity contribution >= 4 is 5.91 Å². The summed E-state index contributed by atoms with van der Waals surface area (Å²) in [5.74, 6) is 0.00799. The van der Waals surface area contributed by atoms with Crippen LogP contribution in [0.4, 0.5) is 0 Å². The van der Waals surface area contributed by atoms with Gasteiger partial charge in [-0.1, -0.05) is 50.6 Å². The van der Waals surface area contributed by atoms with Gasteiger partial charge < -0.3 is 11.1 Å². The monoisotopic (exact) mass is 288 g/mol. The zero-order valence-corrected chi connectivity index (χ0v) is 13.3. The topological polar surface area (TPSA) is 55.1 Å². The summed E-state index contributed by atoms with van der Waals surface area (Å²) in [6.45, 7) is 4.56. The van der Waals surface area contributed by atoms with E-state index in [1.54, 1.807) is 0 Å². The van der Waals surface area contributed by atoms with Crippen molar-refractivity contribution < 1.29 is 4.79 Å². The largest absolute Gasteiger partial charge is 0.352 e. The second-order valence-corrected chi connectivity index (χ2v) is 7.10. The number of rotatable bonds is 5. The minimum absolute atomic E-state index is 0.00799. The zero-order valence-electron chi connectivity index (χ0n) is 13.3. The highest BCUT2D eigenvalue weighted by Gasteiger charge is 2.29. The molecule has 0 aliphatic heterocycles. The number of amides is 1. The first-order chi connectivity index (χ1) is 9.96. The van der Waals surface area contributed by atoms with E-state index >= 15 is 0 Å². The highest BCUT2D eigenvalue weighted by Crippen LogP contribution is 2.35. The molecule has 0 saturated heterocycles. The van der Waals surface area contributed by atoms with Gasteiger partial charge in [-0.25, -0.2) is 0 Å². The maximum atomic E-state index is 12.2. The Morgan fingerprint density at radius 1 is 1.38 bits per heavy atom. The highest BCUT2D eigenvalue weighted by atomic mass is 16.2. The molecule has 0 heterocycles. The van der Waals surface area contributed by atoms with Crippen molar-refractivity contribution in [2.75, 3.05) is 0 Å². The molecule has 0 spiro atoms. The predicted molar refractivity (Wildman–Crippen MR) is 86.9 cm³/mol. The molecule has 1 aliphatic rings.